The van der Waals surface area contributed by atoms with E-state index in [1.165, 1.54) is 5.56 Å². The maximum Gasteiger partial charge on any atom is 0.129 e. The molecule has 7 heteroatoms. The highest BCUT2D eigenvalue weighted by Gasteiger charge is 2.34. The van der Waals surface area contributed by atoms with Gasteiger partial charge in [-0.3, -0.25) is 0 Å². The highest BCUT2D eigenvalue weighted by Crippen LogP contribution is 2.37. The van der Waals surface area contributed by atoms with E-state index in [1.807, 2.05) is 6.92 Å². The third kappa shape index (κ3) is 4.95. The first-order valence-electron chi connectivity index (χ1n) is 9.63. The maximum atomic E-state index is 5.95. The van der Waals surface area contributed by atoms with E-state index >= 15 is 0 Å². The maximum absolute atomic E-state index is 5.95. The zero-order chi connectivity index (χ0) is 18.0. The molecule has 1 aliphatic heterocycles. The van der Waals surface area contributed by atoms with Crippen molar-refractivity contribution in [2.24, 2.45) is 5.73 Å². The minimum atomic E-state index is 0. The first kappa shape index (κ1) is 22.9. The van der Waals surface area contributed by atoms with Gasteiger partial charge in [0.25, 0.3) is 0 Å². The Kier molecular flexibility index (Phi) is 8.07. The van der Waals surface area contributed by atoms with Crippen molar-refractivity contribution in [1.82, 2.24) is 9.97 Å². The molecule has 28 heavy (non-hydrogen) atoms. The van der Waals surface area contributed by atoms with E-state index in [2.05, 4.69) is 51.7 Å². The Morgan fingerprint density at radius 2 is 1.79 bits per heavy atom. The topological polar surface area (TPSA) is 73.1 Å². The number of aryl methyl sites for hydroxylation is 1. The summed E-state index contributed by atoms with van der Waals surface area (Å²) in [5.74, 6) is 2.24. The predicted octanol–water partition coefficient (Wildman–Crippen LogP) is 3.99. The molecule has 3 N–H and O–H groups in total. The van der Waals surface area contributed by atoms with Crippen LogP contribution in [0.3, 0.4) is 0 Å². The quantitative estimate of drug-likeness (QED) is 0.758. The average molecular weight is 425 g/mol. The van der Waals surface area contributed by atoms with Gasteiger partial charge in [-0.2, -0.15) is 0 Å². The van der Waals surface area contributed by atoms with Gasteiger partial charge in [0.15, 0.2) is 0 Å². The molecule has 0 radical (unpaired) electrons. The predicted molar refractivity (Wildman–Crippen MR) is 118 cm³/mol. The van der Waals surface area contributed by atoms with Crippen molar-refractivity contribution < 1.29 is 4.74 Å². The van der Waals surface area contributed by atoms with Gasteiger partial charge in [-0.1, -0.05) is 30.3 Å². The molecule has 2 heterocycles. The molecule has 1 saturated carbocycles. The molecule has 2 aliphatic rings. The summed E-state index contributed by atoms with van der Waals surface area (Å²) in [6.45, 7) is 4.45. The number of hydrogen-bond acceptors (Lipinski definition) is 5. The first-order valence-corrected chi connectivity index (χ1v) is 9.63. The summed E-state index contributed by atoms with van der Waals surface area (Å²) >= 11 is 0. The lowest BCUT2D eigenvalue weighted by atomic mass is 9.74. The van der Waals surface area contributed by atoms with Gasteiger partial charge in [0.2, 0.25) is 0 Å². The van der Waals surface area contributed by atoms with Crippen molar-refractivity contribution in [1.29, 1.82) is 0 Å². The molecular formula is C21H30Cl2N4O. The largest absolute Gasteiger partial charge is 0.381 e. The Bertz CT molecular complexity index is 747. The monoisotopic (exact) mass is 424 g/mol. The highest BCUT2D eigenvalue weighted by atomic mass is 35.5. The molecule has 2 aromatic rings. The lowest BCUT2D eigenvalue weighted by Gasteiger charge is -2.38. The van der Waals surface area contributed by atoms with Crippen LogP contribution < -0.4 is 11.1 Å². The summed E-state index contributed by atoms with van der Waals surface area (Å²) in [6, 6.07) is 13.2. The molecule has 1 aliphatic carbocycles. The van der Waals surface area contributed by atoms with E-state index in [1.54, 1.807) is 0 Å². The normalized spacial score (nSPS) is 22.9. The van der Waals surface area contributed by atoms with Gasteiger partial charge in [-0.15, -0.1) is 24.8 Å². The summed E-state index contributed by atoms with van der Waals surface area (Å²) in [6.07, 6.45) is 4.11. The molecule has 0 atom stereocenters. The van der Waals surface area contributed by atoms with E-state index in [-0.39, 0.29) is 30.2 Å². The van der Waals surface area contributed by atoms with E-state index in [4.69, 9.17) is 10.5 Å². The van der Waals surface area contributed by atoms with Crippen LogP contribution in [-0.4, -0.2) is 35.8 Å². The van der Waals surface area contributed by atoms with Gasteiger partial charge in [0, 0.05) is 48.9 Å². The number of nitrogens with two attached hydrogens (primary N) is 1. The summed E-state index contributed by atoms with van der Waals surface area (Å²) < 4.78 is 5.63. The number of hydrogen-bond donors (Lipinski definition) is 2. The van der Waals surface area contributed by atoms with Crippen LogP contribution >= 0.6 is 24.8 Å². The van der Waals surface area contributed by atoms with E-state index in [0.717, 1.165) is 62.8 Å². The second-order valence-corrected chi connectivity index (χ2v) is 7.77. The first-order chi connectivity index (χ1) is 12.6. The number of rotatable bonds is 5. The van der Waals surface area contributed by atoms with Crippen LogP contribution in [0.1, 0.15) is 48.7 Å². The number of nitrogens with one attached hydrogen (secondary N) is 1. The zero-order valence-electron chi connectivity index (χ0n) is 16.3. The van der Waals surface area contributed by atoms with Gasteiger partial charge in [0.1, 0.15) is 11.6 Å². The third-order valence-electron chi connectivity index (χ3n) is 5.89. The summed E-state index contributed by atoms with van der Waals surface area (Å²) in [4.78, 5) is 9.25. The van der Waals surface area contributed by atoms with Crippen molar-refractivity contribution in [2.75, 3.05) is 25.1 Å². The summed E-state index contributed by atoms with van der Waals surface area (Å²) in [5, 5.41) is 3.61. The molecule has 0 bridgehead atoms. The molecule has 1 aromatic carbocycles. The minimum Gasteiger partial charge on any atom is -0.381 e. The van der Waals surface area contributed by atoms with Crippen LogP contribution in [0.2, 0.25) is 0 Å². The van der Waals surface area contributed by atoms with Crippen LogP contribution in [0.25, 0.3) is 0 Å². The van der Waals surface area contributed by atoms with Crippen LogP contribution in [0.4, 0.5) is 5.82 Å². The molecule has 5 nitrogen and oxygen atoms in total. The number of nitrogens with zero attached hydrogens (tertiary/aromatic N) is 2. The molecule has 2 fully saturated rings. The number of halogens is 2. The lowest BCUT2D eigenvalue weighted by Crippen LogP contribution is -2.40. The fourth-order valence-corrected chi connectivity index (χ4v) is 4.17. The van der Waals surface area contributed by atoms with E-state index < -0.39 is 0 Å². The fourth-order valence-electron chi connectivity index (χ4n) is 4.17. The SMILES string of the molecule is Cc1nc(NCC2(c3ccccc3)CCOCC2)cc(C2CC(N)C2)n1.Cl.Cl. The van der Waals surface area contributed by atoms with Crippen molar-refractivity contribution in [3.8, 4) is 0 Å². The average Bonchev–Trinajstić information content (AvgIpc) is 2.65. The van der Waals surface area contributed by atoms with E-state index in [0.29, 0.717) is 12.0 Å². The molecule has 0 spiro atoms. The number of aromatic nitrogens is 2. The summed E-state index contributed by atoms with van der Waals surface area (Å²) in [5.41, 5.74) is 8.55. The highest BCUT2D eigenvalue weighted by molar-refractivity contribution is 5.85. The van der Waals surface area contributed by atoms with Crippen LogP contribution in [0.15, 0.2) is 36.4 Å². The summed E-state index contributed by atoms with van der Waals surface area (Å²) in [7, 11) is 0. The van der Waals surface area contributed by atoms with Crippen LogP contribution in [0, 0.1) is 6.92 Å². The fraction of sp³-hybridized carbons (Fsp3) is 0.524. The van der Waals surface area contributed by atoms with Gasteiger partial charge in [-0.05, 0) is 38.2 Å². The standard InChI is InChI=1S/C21H28N4O.2ClH/c1-15-24-19(16-11-18(22)12-16)13-20(25-15)23-14-21(7-9-26-10-8-21)17-5-3-2-4-6-17;;/h2-6,13,16,18H,7-12,14,22H2,1H3,(H,23,24,25);2*1H. The molecule has 0 unspecified atom stereocenters. The Morgan fingerprint density at radius 3 is 2.43 bits per heavy atom. The Hall–Kier alpha value is -1.40. The number of benzene rings is 1. The van der Waals surface area contributed by atoms with Crippen molar-refractivity contribution >= 4 is 30.6 Å². The van der Waals surface area contributed by atoms with E-state index in [9.17, 15) is 0 Å². The molecule has 154 valence electrons. The number of anilines is 1. The van der Waals surface area contributed by atoms with Gasteiger partial charge in [0.05, 0.1) is 0 Å². The lowest BCUT2D eigenvalue weighted by molar-refractivity contribution is 0.0543. The number of ether oxygens (including phenoxy) is 1. The van der Waals surface area contributed by atoms with Crippen molar-refractivity contribution in [2.45, 2.75) is 50.0 Å². The van der Waals surface area contributed by atoms with Crippen molar-refractivity contribution in [3.63, 3.8) is 0 Å². The molecular weight excluding hydrogens is 395 g/mol. The minimum absolute atomic E-state index is 0. The Labute approximate surface area is 179 Å². The third-order valence-corrected chi connectivity index (χ3v) is 5.89. The van der Waals surface area contributed by atoms with Crippen molar-refractivity contribution in [3.05, 3.63) is 53.5 Å². The Morgan fingerprint density at radius 1 is 1.11 bits per heavy atom. The molecule has 0 amide bonds. The second kappa shape index (κ2) is 9.88. The molecule has 4 rings (SSSR count). The molecule has 1 aromatic heterocycles. The van der Waals surface area contributed by atoms with Gasteiger partial charge < -0.3 is 15.8 Å². The van der Waals surface area contributed by atoms with Gasteiger partial charge in [-0.25, -0.2) is 9.97 Å². The molecule has 1 saturated heterocycles. The van der Waals surface area contributed by atoms with Gasteiger partial charge >= 0.3 is 0 Å². The second-order valence-electron chi connectivity index (χ2n) is 7.77. The van der Waals surface area contributed by atoms with Crippen LogP contribution in [0.5, 0.6) is 0 Å². The van der Waals surface area contributed by atoms with Crippen LogP contribution in [-0.2, 0) is 10.2 Å². The smallest absolute Gasteiger partial charge is 0.129 e. The Balaban J connectivity index is 0.00000140. The zero-order valence-corrected chi connectivity index (χ0v) is 17.9.